The summed E-state index contributed by atoms with van der Waals surface area (Å²) in [4.78, 5) is 1.46. The van der Waals surface area contributed by atoms with Crippen molar-refractivity contribution in [1.82, 2.24) is 0 Å². The Bertz CT molecular complexity index is 252. The fraction of sp³-hybridized carbons (Fsp3) is 0.667. The van der Waals surface area contributed by atoms with E-state index >= 15 is 0 Å². The zero-order valence-corrected chi connectivity index (χ0v) is 13.8. The van der Waals surface area contributed by atoms with Crippen molar-refractivity contribution in [3.63, 3.8) is 0 Å². The van der Waals surface area contributed by atoms with E-state index in [4.69, 9.17) is 0 Å². The molecule has 0 rings (SSSR count). The van der Waals surface area contributed by atoms with Crippen LogP contribution in [0.25, 0.3) is 0 Å². The van der Waals surface area contributed by atoms with Gasteiger partial charge in [-0.3, -0.25) is 0 Å². The van der Waals surface area contributed by atoms with Crippen LogP contribution in [0.3, 0.4) is 0 Å². The first-order valence-corrected chi connectivity index (χ1v) is 8.78. The van der Waals surface area contributed by atoms with Crippen molar-refractivity contribution in [2.24, 2.45) is 5.92 Å². The first kappa shape index (κ1) is 18.6. The van der Waals surface area contributed by atoms with Crippen LogP contribution in [0.4, 0.5) is 0 Å². The topological polar surface area (TPSA) is 0 Å². The van der Waals surface area contributed by atoms with Crippen molar-refractivity contribution in [3.8, 4) is 0 Å². The van der Waals surface area contributed by atoms with Crippen LogP contribution >= 0.6 is 11.8 Å². The molecule has 1 atom stereocenters. The van der Waals surface area contributed by atoms with Gasteiger partial charge in [0.25, 0.3) is 0 Å². The van der Waals surface area contributed by atoms with Crippen LogP contribution in [0.15, 0.2) is 35.6 Å². The molecule has 0 amide bonds. The second-order valence-electron chi connectivity index (χ2n) is 5.13. The Balaban J connectivity index is 4.38. The summed E-state index contributed by atoms with van der Waals surface area (Å²) in [6.45, 7) is 12.3. The molecule has 0 fully saturated rings. The van der Waals surface area contributed by atoms with Crippen LogP contribution in [0.2, 0.25) is 0 Å². The predicted molar refractivity (Wildman–Crippen MR) is 92.5 cm³/mol. The fourth-order valence-electron chi connectivity index (χ4n) is 2.37. The average molecular weight is 281 g/mol. The SMILES string of the molecule is C=C/C=C(\SC=C)C(CCCCC)CCCCCC. The minimum atomic E-state index is 0.712. The Morgan fingerprint density at radius 1 is 0.947 bits per heavy atom. The van der Waals surface area contributed by atoms with Crippen LogP contribution < -0.4 is 0 Å². The fourth-order valence-corrected chi connectivity index (χ4v) is 3.17. The predicted octanol–water partition coefficient (Wildman–Crippen LogP) is 7.10. The number of thioether (sulfide) groups is 1. The van der Waals surface area contributed by atoms with Crippen molar-refractivity contribution in [1.29, 1.82) is 0 Å². The summed E-state index contributed by atoms with van der Waals surface area (Å²) in [5.41, 5.74) is 0. The number of hydrogen-bond donors (Lipinski definition) is 0. The minimum Gasteiger partial charge on any atom is -0.103 e. The zero-order valence-electron chi connectivity index (χ0n) is 13.0. The van der Waals surface area contributed by atoms with Gasteiger partial charge >= 0.3 is 0 Å². The highest BCUT2D eigenvalue weighted by Gasteiger charge is 2.13. The van der Waals surface area contributed by atoms with Gasteiger partial charge in [0.2, 0.25) is 0 Å². The quantitative estimate of drug-likeness (QED) is 0.256. The molecule has 1 unspecified atom stereocenters. The monoisotopic (exact) mass is 280 g/mol. The lowest BCUT2D eigenvalue weighted by Gasteiger charge is -2.19. The van der Waals surface area contributed by atoms with Crippen LogP contribution in [0, 0.1) is 5.92 Å². The standard InChI is InChI=1S/C18H32S/c1-5-9-11-13-16-17(15-12-10-6-2)18(14-7-3)19-8-4/h7-8,14,17H,3-6,9-13,15-16H2,1-2H3/b18-14-. The van der Waals surface area contributed by atoms with Gasteiger partial charge in [0, 0.05) is 0 Å². The molecule has 0 saturated heterocycles. The molecule has 0 aliphatic carbocycles. The summed E-state index contributed by atoms with van der Waals surface area (Å²) >= 11 is 1.78. The van der Waals surface area contributed by atoms with E-state index in [1.165, 1.54) is 62.7 Å². The van der Waals surface area contributed by atoms with E-state index in [1.54, 1.807) is 11.8 Å². The molecule has 0 heterocycles. The average Bonchev–Trinajstić information content (AvgIpc) is 2.41. The molecule has 0 saturated carbocycles. The molecule has 0 aliphatic heterocycles. The van der Waals surface area contributed by atoms with E-state index in [0.717, 1.165) is 0 Å². The minimum absolute atomic E-state index is 0.712. The number of hydrogen-bond acceptors (Lipinski definition) is 1. The van der Waals surface area contributed by atoms with Gasteiger partial charge in [0.1, 0.15) is 0 Å². The van der Waals surface area contributed by atoms with Crippen LogP contribution in [-0.4, -0.2) is 0 Å². The number of allylic oxidation sites excluding steroid dienone is 3. The molecule has 0 nitrogen and oxygen atoms in total. The summed E-state index contributed by atoms with van der Waals surface area (Å²) in [6.07, 6.45) is 16.2. The summed E-state index contributed by atoms with van der Waals surface area (Å²) in [5.74, 6) is 0.712. The normalized spacial score (nSPS) is 13.3. The van der Waals surface area contributed by atoms with E-state index in [0.29, 0.717) is 5.92 Å². The van der Waals surface area contributed by atoms with Gasteiger partial charge in [-0.25, -0.2) is 0 Å². The van der Waals surface area contributed by atoms with E-state index in [-0.39, 0.29) is 0 Å². The molecular formula is C18H32S. The Hall–Kier alpha value is -0.430. The molecule has 19 heavy (non-hydrogen) atoms. The van der Waals surface area contributed by atoms with Crippen molar-refractivity contribution >= 4 is 11.8 Å². The third-order valence-electron chi connectivity index (χ3n) is 3.47. The Morgan fingerprint density at radius 3 is 2.05 bits per heavy atom. The highest BCUT2D eigenvalue weighted by molar-refractivity contribution is 8.05. The van der Waals surface area contributed by atoms with Crippen molar-refractivity contribution in [3.05, 3.63) is 35.6 Å². The van der Waals surface area contributed by atoms with E-state index < -0.39 is 0 Å². The summed E-state index contributed by atoms with van der Waals surface area (Å²) in [6, 6.07) is 0. The summed E-state index contributed by atoms with van der Waals surface area (Å²) in [5, 5.41) is 1.95. The lowest BCUT2D eigenvalue weighted by molar-refractivity contribution is 0.472. The first-order chi connectivity index (χ1) is 9.29. The molecular weight excluding hydrogens is 248 g/mol. The maximum Gasteiger partial charge on any atom is -0.00778 e. The summed E-state index contributed by atoms with van der Waals surface area (Å²) in [7, 11) is 0. The van der Waals surface area contributed by atoms with Crippen molar-refractivity contribution in [2.75, 3.05) is 0 Å². The van der Waals surface area contributed by atoms with Crippen LogP contribution in [-0.2, 0) is 0 Å². The van der Waals surface area contributed by atoms with Crippen molar-refractivity contribution < 1.29 is 0 Å². The molecule has 0 spiro atoms. The molecule has 0 aromatic carbocycles. The lowest BCUT2D eigenvalue weighted by Crippen LogP contribution is -2.02. The second kappa shape index (κ2) is 14.0. The molecule has 0 aromatic heterocycles. The third kappa shape index (κ3) is 10.1. The Kier molecular flexibility index (Phi) is 13.7. The third-order valence-corrected chi connectivity index (χ3v) is 4.37. The van der Waals surface area contributed by atoms with Crippen LogP contribution in [0.1, 0.15) is 71.6 Å². The number of unbranched alkanes of at least 4 members (excludes halogenated alkanes) is 5. The van der Waals surface area contributed by atoms with E-state index in [1.807, 2.05) is 11.5 Å². The zero-order chi connectivity index (χ0) is 14.3. The Morgan fingerprint density at radius 2 is 1.53 bits per heavy atom. The second-order valence-corrected chi connectivity index (χ2v) is 6.17. The smallest absolute Gasteiger partial charge is 0.00778 e. The van der Waals surface area contributed by atoms with Gasteiger partial charge in [-0.1, -0.05) is 84.1 Å². The van der Waals surface area contributed by atoms with E-state index in [9.17, 15) is 0 Å². The molecule has 0 aliphatic rings. The first-order valence-electron chi connectivity index (χ1n) is 7.90. The maximum absolute atomic E-state index is 3.86. The maximum atomic E-state index is 3.86. The van der Waals surface area contributed by atoms with Gasteiger partial charge in [0.15, 0.2) is 0 Å². The van der Waals surface area contributed by atoms with Gasteiger partial charge in [-0.2, -0.15) is 0 Å². The van der Waals surface area contributed by atoms with Gasteiger partial charge in [0.05, 0.1) is 0 Å². The lowest BCUT2D eigenvalue weighted by atomic mass is 9.94. The highest BCUT2D eigenvalue weighted by Crippen LogP contribution is 2.33. The molecule has 0 bridgehead atoms. The summed E-state index contributed by atoms with van der Waals surface area (Å²) < 4.78 is 0. The van der Waals surface area contributed by atoms with Crippen LogP contribution in [0.5, 0.6) is 0 Å². The van der Waals surface area contributed by atoms with Gasteiger partial charge in [-0.05, 0) is 29.1 Å². The molecule has 0 aromatic rings. The van der Waals surface area contributed by atoms with Gasteiger partial charge in [-0.15, -0.1) is 11.8 Å². The molecule has 1 heteroatoms. The van der Waals surface area contributed by atoms with Crippen molar-refractivity contribution in [2.45, 2.75) is 71.6 Å². The molecule has 0 radical (unpaired) electrons. The largest absolute Gasteiger partial charge is 0.103 e. The highest BCUT2D eigenvalue weighted by atomic mass is 32.2. The Labute approximate surface area is 125 Å². The molecule has 0 N–H and O–H groups in total. The number of rotatable bonds is 13. The van der Waals surface area contributed by atoms with E-state index in [2.05, 4.69) is 33.1 Å². The molecule has 110 valence electrons. The van der Waals surface area contributed by atoms with Gasteiger partial charge < -0.3 is 0 Å².